The number of nitrogens with zero attached hydrogens (tertiary/aromatic N) is 2. The van der Waals surface area contributed by atoms with Crippen LogP contribution in [0.4, 0.5) is 0 Å². The summed E-state index contributed by atoms with van der Waals surface area (Å²) in [5, 5.41) is 1.24. The van der Waals surface area contributed by atoms with Crippen molar-refractivity contribution in [2.24, 2.45) is 11.7 Å². The molecule has 0 amide bonds. The minimum absolute atomic E-state index is 0.626. The number of aromatic nitrogens is 1. The standard InChI is InChI=1S/C16H23N3S/c1-12-5-4-10-19(14(12)8-9-17)11-16-18-13-6-2-3-7-15(13)20-16/h2-3,6-7,12,14H,4-5,8-11,17H2,1H3. The Labute approximate surface area is 124 Å². The van der Waals surface area contributed by atoms with Crippen molar-refractivity contribution < 1.29 is 0 Å². The molecule has 2 atom stereocenters. The number of benzene rings is 1. The van der Waals surface area contributed by atoms with Gasteiger partial charge in [0.1, 0.15) is 5.01 Å². The van der Waals surface area contributed by atoms with E-state index in [0.717, 1.165) is 30.9 Å². The summed E-state index contributed by atoms with van der Waals surface area (Å²) in [6.07, 6.45) is 3.74. The van der Waals surface area contributed by atoms with Gasteiger partial charge in [-0.25, -0.2) is 4.98 Å². The zero-order valence-corrected chi connectivity index (χ0v) is 12.9. The monoisotopic (exact) mass is 289 g/mol. The number of likely N-dealkylation sites (tertiary alicyclic amines) is 1. The Kier molecular flexibility index (Phi) is 4.34. The molecule has 3 nitrogen and oxygen atoms in total. The first-order valence-corrected chi connectivity index (χ1v) is 8.38. The van der Waals surface area contributed by atoms with Crippen molar-refractivity contribution in [1.82, 2.24) is 9.88 Å². The fourth-order valence-corrected chi connectivity index (χ4v) is 4.32. The van der Waals surface area contributed by atoms with Gasteiger partial charge in [0.2, 0.25) is 0 Å². The Bertz CT molecular complexity index is 533. The second-order valence-corrected chi connectivity index (χ2v) is 6.93. The Hall–Kier alpha value is -0.970. The van der Waals surface area contributed by atoms with E-state index in [9.17, 15) is 0 Å². The van der Waals surface area contributed by atoms with Gasteiger partial charge in [-0.05, 0) is 50.4 Å². The lowest BCUT2D eigenvalue weighted by molar-refractivity contribution is 0.0886. The van der Waals surface area contributed by atoms with Crippen molar-refractivity contribution in [3.63, 3.8) is 0 Å². The molecule has 1 aliphatic rings. The lowest BCUT2D eigenvalue weighted by atomic mass is 9.89. The van der Waals surface area contributed by atoms with Gasteiger partial charge < -0.3 is 5.73 Å². The number of hydrogen-bond donors (Lipinski definition) is 1. The molecule has 0 aliphatic carbocycles. The van der Waals surface area contributed by atoms with Gasteiger partial charge in [0.25, 0.3) is 0 Å². The molecule has 0 radical (unpaired) electrons. The maximum absolute atomic E-state index is 5.80. The number of nitrogens with two attached hydrogens (primary N) is 1. The highest BCUT2D eigenvalue weighted by atomic mass is 32.1. The summed E-state index contributed by atoms with van der Waals surface area (Å²) < 4.78 is 1.29. The second-order valence-electron chi connectivity index (χ2n) is 5.81. The first kappa shape index (κ1) is 14.0. The maximum atomic E-state index is 5.80. The molecule has 0 saturated carbocycles. The number of fused-ring (bicyclic) bond motifs is 1. The molecule has 3 rings (SSSR count). The van der Waals surface area contributed by atoms with Gasteiger partial charge in [-0.1, -0.05) is 19.1 Å². The fourth-order valence-electron chi connectivity index (χ4n) is 3.33. The van der Waals surface area contributed by atoms with Crippen LogP contribution in [0.2, 0.25) is 0 Å². The highest BCUT2D eigenvalue weighted by Crippen LogP contribution is 2.29. The van der Waals surface area contributed by atoms with E-state index >= 15 is 0 Å². The molecular formula is C16H23N3S. The molecule has 1 aromatic heterocycles. The van der Waals surface area contributed by atoms with E-state index in [4.69, 9.17) is 10.7 Å². The number of piperidine rings is 1. The Morgan fingerprint density at radius 2 is 2.25 bits per heavy atom. The largest absolute Gasteiger partial charge is 0.330 e. The van der Waals surface area contributed by atoms with Crippen LogP contribution in [-0.4, -0.2) is 29.0 Å². The quantitative estimate of drug-likeness (QED) is 0.939. The van der Waals surface area contributed by atoms with Gasteiger partial charge in [-0.2, -0.15) is 0 Å². The predicted octanol–water partition coefficient (Wildman–Crippen LogP) is 3.25. The van der Waals surface area contributed by atoms with Crippen LogP contribution in [0.15, 0.2) is 24.3 Å². The molecule has 2 aromatic rings. The SMILES string of the molecule is CC1CCCN(Cc2nc3ccccc3s2)C1CCN. The molecule has 1 fully saturated rings. The molecule has 1 aliphatic heterocycles. The van der Waals surface area contributed by atoms with Crippen LogP contribution in [0.25, 0.3) is 10.2 Å². The number of hydrogen-bond acceptors (Lipinski definition) is 4. The van der Waals surface area contributed by atoms with E-state index in [1.807, 2.05) is 11.3 Å². The Morgan fingerprint density at radius 1 is 1.40 bits per heavy atom. The van der Waals surface area contributed by atoms with Gasteiger partial charge in [-0.15, -0.1) is 11.3 Å². The number of thiazole rings is 1. The fraction of sp³-hybridized carbons (Fsp3) is 0.562. The molecule has 2 unspecified atom stereocenters. The van der Waals surface area contributed by atoms with Crippen molar-refractivity contribution in [1.29, 1.82) is 0 Å². The molecule has 20 heavy (non-hydrogen) atoms. The van der Waals surface area contributed by atoms with Crippen LogP contribution < -0.4 is 5.73 Å². The van der Waals surface area contributed by atoms with E-state index in [1.165, 1.54) is 29.1 Å². The summed E-state index contributed by atoms with van der Waals surface area (Å²) >= 11 is 1.83. The Morgan fingerprint density at radius 3 is 3.05 bits per heavy atom. The molecule has 108 valence electrons. The van der Waals surface area contributed by atoms with Gasteiger partial charge in [0.15, 0.2) is 0 Å². The van der Waals surface area contributed by atoms with Crippen molar-refractivity contribution in [2.75, 3.05) is 13.1 Å². The van der Waals surface area contributed by atoms with Crippen LogP contribution in [-0.2, 0) is 6.54 Å². The van der Waals surface area contributed by atoms with Crippen molar-refractivity contribution in [3.05, 3.63) is 29.3 Å². The number of rotatable bonds is 4. The lowest BCUT2D eigenvalue weighted by Crippen LogP contribution is -2.44. The van der Waals surface area contributed by atoms with Gasteiger partial charge >= 0.3 is 0 Å². The normalized spacial score (nSPS) is 24.3. The van der Waals surface area contributed by atoms with Gasteiger partial charge in [-0.3, -0.25) is 4.90 Å². The van der Waals surface area contributed by atoms with Crippen LogP contribution in [0.1, 0.15) is 31.2 Å². The predicted molar refractivity (Wildman–Crippen MR) is 85.9 cm³/mol. The number of para-hydroxylation sites is 1. The molecule has 2 heterocycles. The summed E-state index contributed by atoms with van der Waals surface area (Å²) in [6, 6.07) is 9.04. The molecule has 0 bridgehead atoms. The van der Waals surface area contributed by atoms with Crippen LogP contribution in [0.3, 0.4) is 0 Å². The second kappa shape index (κ2) is 6.20. The van der Waals surface area contributed by atoms with Crippen molar-refractivity contribution >= 4 is 21.6 Å². The lowest BCUT2D eigenvalue weighted by Gasteiger charge is -2.39. The van der Waals surface area contributed by atoms with E-state index in [2.05, 4.69) is 36.1 Å². The smallest absolute Gasteiger partial charge is 0.108 e. The third kappa shape index (κ3) is 2.87. The van der Waals surface area contributed by atoms with E-state index < -0.39 is 0 Å². The average molecular weight is 289 g/mol. The third-order valence-electron chi connectivity index (χ3n) is 4.37. The highest BCUT2D eigenvalue weighted by molar-refractivity contribution is 7.18. The first-order valence-electron chi connectivity index (χ1n) is 7.56. The molecule has 2 N–H and O–H groups in total. The molecule has 1 aromatic carbocycles. The van der Waals surface area contributed by atoms with Gasteiger partial charge in [0, 0.05) is 6.04 Å². The molecule has 1 saturated heterocycles. The molecular weight excluding hydrogens is 266 g/mol. The van der Waals surface area contributed by atoms with Crippen molar-refractivity contribution in [3.8, 4) is 0 Å². The topological polar surface area (TPSA) is 42.2 Å². The van der Waals surface area contributed by atoms with E-state index in [0.29, 0.717) is 6.04 Å². The summed E-state index contributed by atoms with van der Waals surface area (Å²) in [7, 11) is 0. The zero-order valence-electron chi connectivity index (χ0n) is 12.1. The van der Waals surface area contributed by atoms with Crippen molar-refractivity contribution in [2.45, 2.75) is 38.8 Å². The zero-order chi connectivity index (χ0) is 13.9. The van der Waals surface area contributed by atoms with Crippen LogP contribution in [0, 0.1) is 5.92 Å². The summed E-state index contributed by atoms with van der Waals surface area (Å²) in [5.41, 5.74) is 6.93. The van der Waals surface area contributed by atoms with Crippen LogP contribution >= 0.6 is 11.3 Å². The summed E-state index contributed by atoms with van der Waals surface area (Å²) in [5.74, 6) is 0.752. The Balaban J connectivity index is 1.77. The first-order chi connectivity index (χ1) is 9.78. The summed E-state index contributed by atoms with van der Waals surface area (Å²) in [6.45, 7) is 5.31. The average Bonchev–Trinajstić information content (AvgIpc) is 2.85. The minimum Gasteiger partial charge on any atom is -0.330 e. The van der Waals surface area contributed by atoms with Gasteiger partial charge in [0.05, 0.1) is 16.8 Å². The highest BCUT2D eigenvalue weighted by Gasteiger charge is 2.28. The van der Waals surface area contributed by atoms with Crippen LogP contribution in [0.5, 0.6) is 0 Å². The minimum atomic E-state index is 0.626. The van der Waals surface area contributed by atoms with E-state index in [-0.39, 0.29) is 0 Å². The molecule has 4 heteroatoms. The third-order valence-corrected chi connectivity index (χ3v) is 5.39. The maximum Gasteiger partial charge on any atom is 0.108 e. The van der Waals surface area contributed by atoms with E-state index in [1.54, 1.807) is 0 Å². The summed E-state index contributed by atoms with van der Waals surface area (Å²) in [4.78, 5) is 7.37. The molecule has 0 spiro atoms.